The van der Waals surface area contributed by atoms with Gasteiger partial charge in [0.1, 0.15) is 12.4 Å². The van der Waals surface area contributed by atoms with Gasteiger partial charge in [-0.25, -0.2) is 4.39 Å². The van der Waals surface area contributed by atoms with Crippen LogP contribution >= 0.6 is 11.6 Å². The largest absolute Gasteiger partial charge is 0.493 e. The number of ether oxygens (including phenoxy) is 3. The average molecular weight is 445 g/mol. The van der Waals surface area contributed by atoms with Gasteiger partial charge >= 0.3 is 0 Å². The fourth-order valence-electron chi connectivity index (χ4n) is 3.93. The first-order chi connectivity index (χ1) is 14.7. The summed E-state index contributed by atoms with van der Waals surface area (Å²) in [5.41, 5.74) is 2.21. The fourth-order valence-corrected chi connectivity index (χ4v) is 4.27. The lowest BCUT2D eigenvalue weighted by Gasteiger charge is -2.32. The molecule has 0 amide bonds. The molecular formula is C25H26ClFO4. The number of allylic oxidation sites excluding steroid dienone is 4. The molecular weight excluding hydrogens is 419 g/mol. The topological polar surface area (TPSA) is 44.8 Å². The normalized spacial score (nSPS) is 20.2. The van der Waals surface area contributed by atoms with Crippen LogP contribution in [0.4, 0.5) is 4.39 Å². The zero-order chi connectivity index (χ0) is 22.8. The molecule has 2 unspecified atom stereocenters. The first kappa shape index (κ1) is 22.9. The molecule has 0 aromatic heterocycles. The maximum Gasteiger partial charge on any atom is 0.204 e. The zero-order valence-corrected chi connectivity index (χ0v) is 19.0. The van der Waals surface area contributed by atoms with Gasteiger partial charge in [-0.15, -0.1) is 11.6 Å². The number of carbonyl (C=O) groups is 1. The number of rotatable bonds is 7. The van der Waals surface area contributed by atoms with Gasteiger partial charge in [0, 0.05) is 5.56 Å². The van der Waals surface area contributed by atoms with E-state index in [-0.39, 0.29) is 23.9 Å². The Balaban J connectivity index is 2.13. The van der Waals surface area contributed by atoms with Crippen molar-refractivity contribution in [1.29, 1.82) is 0 Å². The lowest BCUT2D eigenvalue weighted by atomic mass is 9.77. The number of Topliss-reactive ketones (excluding diaryl/α,β-unsaturated/α-hetero) is 1. The summed E-state index contributed by atoms with van der Waals surface area (Å²) >= 11 is 6.71. The predicted octanol–water partition coefficient (Wildman–Crippen LogP) is 6.04. The van der Waals surface area contributed by atoms with Crippen molar-refractivity contribution in [2.45, 2.75) is 32.3 Å². The summed E-state index contributed by atoms with van der Waals surface area (Å²) in [5.74, 6) is -0.271. The zero-order valence-electron chi connectivity index (χ0n) is 18.3. The number of halogens is 2. The summed E-state index contributed by atoms with van der Waals surface area (Å²) in [6.07, 6.45) is 5.53. The highest BCUT2D eigenvalue weighted by atomic mass is 35.5. The molecule has 0 heterocycles. The Kier molecular flexibility index (Phi) is 6.75. The van der Waals surface area contributed by atoms with E-state index in [0.29, 0.717) is 22.4 Å². The Morgan fingerprint density at radius 2 is 1.87 bits per heavy atom. The van der Waals surface area contributed by atoms with E-state index in [1.54, 1.807) is 44.2 Å². The Bertz CT molecular complexity index is 1060. The summed E-state index contributed by atoms with van der Waals surface area (Å²) in [7, 11) is 2.98. The van der Waals surface area contributed by atoms with Gasteiger partial charge < -0.3 is 14.2 Å². The van der Waals surface area contributed by atoms with Crippen LogP contribution in [0.25, 0.3) is 0 Å². The molecule has 0 aliphatic heterocycles. The van der Waals surface area contributed by atoms with Crippen molar-refractivity contribution < 1.29 is 23.4 Å². The number of alkyl halides is 1. The van der Waals surface area contributed by atoms with Crippen LogP contribution in [0.3, 0.4) is 0 Å². The van der Waals surface area contributed by atoms with Crippen molar-refractivity contribution in [3.63, 3.8) is 0 Å². The minimum atomic E-state index is -0.891. The molecule has 1 aliphatic carbocycles. The van der Waals surface area contributed by atoms with E-state index in [1.165, 1.54) is 20.3 Å². The van der Waals surface area contributed by atoms with Crippen LogP contribution in [0, 0.1) is 18.7 Å². The Morgan fingerprint density at radius 1 is 1.16 bits per heavy atom. The van der Waals surface area contributed by atoms with Gasteiger partial charge in [-0.2, -0.15) is 0 Å². The van der Waals surface area contributed by atoms with E-state index in [9.17, 15) is 9.18 Å². The number of hydrogen-bond acceptors (Lipinski definition) is 4. The molecule has 0 N–H and O–H groups in total. The van der Waals surface area contributed by atoms with E-state index in [2.05, 4.69) is 0 Å². The summed E-state index contributed by atoms with van der Waals surface area (Å²) in [6.45, 7) is 5.41. The van der Waals surface area contributed by atoms with Crippen LogP contribution in [0.2, 0.25) is 0 Å². The maximum absolute atomic E-state index is 14.2. The number of benzene rings is 2. The monoisotopic (exact) mass is 444 g/mol. The van der Waals surface area contributed by atoms with Crippen LogP contribution in [-0.4, -0.2) is 24.9 Å². The lowest BCUT2D eigenvalue weighted by Crippen LogP contribution is -2.36. The molecule has 2 atom stereocenters. The van der Waals surface area contributed by atoms with E-state index in [1.807, 2.05) is 19.1 Å². The number of ketones is 1. The minimum Gasteiger partial charge on any atom is -0.493 e. The van der Waals surface area contributed by atoms with Gasteiger partial charge in [0.25, 0.3) is 0 Å². The molecule has 164 valence electrons. The summed E-state index contributed by atoms with van der Waals surface area (Å²) < 4.78 is 31.2. The quantitative estimate of drug-likeness (QED) is 0.385. The highest BCUT2D eigenvalue weighted by molar-refractivity contribution is 6.28. The van der Waals surface area contributed by atoms with Crippen molar-refractivity contribution in [1.82, 2.24) is 0 Å². The third-order valence-electron chi connectivity index (χ3n) is 5.46. The van der Waals surface area contributed by atoms with Gasteiger partial charge in [-0.1, -0.05) is 42.0 Å². The summed E-state index contributed by atoms with van der Waals surface area (Å²) in [4.78, 5) is 12.9. The first-order valence-corrected chi connectivity index (χ1v) is 10.3. The summed E-state index contributed by atoms with van der Waals surface area (Å²) in [5, 5.41) is 0. The molecule has 1 aliphatic rings. The summed E-state index contributed by atoms with van der Waals surface area (Å²) in [6, 6.07) is 8.05. The molecule has 0 radical (unpaired) electrons. The predicted molar refractivity (Wildman–Crippen MR) is 120 cm³/mol. The van der Waals surface area contributed by atoms with Gasteiger partial charge in [-0.05, 0) is 38.5 Å². The molecule has 0 saturated heterocycles. The fraction of sp³-hybridized carbons (Fsp3) is 0.320. The van der Waals surface area contributed by atoms with Gasteiger partial charge in [-0.3, -0.25) is 4.79 Å². The second-order valence-corrected chi connectivity index (χ2v) is 8.55. The van der Waals surface area contributed by atoms with Crippen molar-refractivity contribution in [2.24, 2.45) is 5.92 Å². The highest BCUT2D eigenvalue weighted by Gasteiger charge is 2.41. The lowest BCUT2D eigenvalue weighted by molar-refractivity contribution is 0.0919. The van der Waals surface area contributed by atoms with Crippen molar-refractivity contribution in [3.05, 3.63) is 76.6 Å². The van der Waals surface area contributed by atoms with Crippen molar-refractivity contribution in [3.8, 4) is 17.2 Å². The SMILES string of the molecule is COc1cc(C)c(C(=O)C2C(C)=CC=CC2(C)Cl)c(OCc2ccccc2F)c1OC. The van der Waals surface area contributed by atoms with E-state index >= 15 is 0 Å². The molecule has 0 fully saturated rings. The smallest absolute Gasteiger partial charge is 0.204 e. The molecule has 6 heteroatoms. The number of carbonyl (C=O) groups excluding carboxylic acids is 1. The molecule has 4 nitrogen and oxygen atoms in total. The molecule has 0 bridgehead atoms. The molecule has 0 saturated carbocycles. The Morgan fingerprint density at radius 3 is 2.48 bits per heavy atom. The highest BCUT2D eigenvalue weighted by Crippen LogP contribution is 2.46. The van der Waals surface area contributed by atoms with Gasteiger partial charge in [0.05, 0.1) is 30.6 Å². The van der Waals surface area contributed by atoms with Gasteiger partial charge in [0.2, 0.25) is 5.75 Å². The van der Waals surface area contributed by atoms with Crippen molar-refractivity contribution >= 4 is 17.4 Å². The van der Waals surface area contributed by atoms with Crippen LogP contribution in [0.1, 0.15) is 35.3 Å². The number of hydrogen-bond donors (Lipinski definition) is 0. The third kappa shape index (κ3) is 4.47. The van der Waals surface area contributed by atoms with E-state index in [4.69, 9.17) is 25.8 Å². The van der Waals surface area contributed by atoms with E-state index < -0.39 is 16.6 Å². The average Bonchev–Trinajstić information content (AvgIpc) is 2.71. The van der Waals surface area contributed by atoms with Crippen LogP contribution < -0.4 is 14.2 Å². The van der Waals surface area contributed by atoms with Gasteiger partial charge in [0.15, 0.2) is 17.3 Å². The Hall–Kier alpha value is -2.79. The van der Waals surface area contributed by atoms with Crippen molar-refractivity contribution in [2.75, 3.05) is 14.2 Å². The Labute approximate surface area is 187 Å². The molecule has 2 aromatic carbocycles. The minimum absolute atomic E-state index is 0.0759. The number of aryl methyl sites for hydroxylation is 1. The standard InChI is InChI=1S/C25H26ClFO4/c1-15-9-8-12-25(3,26)21(15)22(28)20-16(2)13-19(29-4)23(30-5)24(20)31-14-17-10-6-7-11-18(17)27/h6-13,21H,14H2,1-5H3. The maximum atomic E-state index is 14.2. The van der Waals surface area contributed by atoms with Crippen LogP contribution in [-0.2, 0) is 6.61 Å². The van der Waals surface area contributed by atoms with E-state index in [0.717, 1.165) is 5.57 Å². The number of methoxy groups -OCH3 is 2. The van der Waals surface area contributed by atoms with Crippen LogP contribution in [0.5, 0.6) is 17.2 Å². The molecule has 0 spiro atoms. The molecule has 2 aromatic rings. The second kappa shape index (κ2) is 9.15. The third-order valence-corrected chi connectivity index (χ3v) is 5.81. The first-order valence-electron chi connectivity index (χ1n) is 9.92. The molecule has 3 rings (SSSR count). The molecule has 31 heavy (non-hydrogen) atoms. The second-order valence-electron chi connectivity index (χ2n) is 7.73. The van der Waals surface area contributed by atoms with Crippen LogP contribution in [0.15, 0.2) is 54.1 Å².